The van der Waals surface area contributed by atoms with E-state index < -0.39 is 0 Å². The number of benzene rings is 2. The molecule has 0 spiro atoms. The number of hydrogen-bond donors (Lipinski definition) is 1. The predicted molar refractivity (Wildman–Crippen MR) is 90.0 cm³/mol. The minimum atomic E-state index is 0.127. The van der Waals surface area contributed by atoms with Gasteiger partial charge in [0.05, 0.1) is 12.2 Å². The average Bonchev–Trinajstić information content (AvgIpc) is 2.48. The standard InChI is InChI=1S/C19H23NO2/c1-13(2)17-7-5-4-6-14(17)10-16-12-20(3)18-11-15(21)8-9-19(18)22-16/h4-9,11,13,16,21H,10,12H2,1-3H3. The molecular formula is C19H23NO2. The molecule has 1 heterocycles. The number of ether oxygens (including phenoxy) is 1. The van der Waals surface area contributed by atoms with E-state index in [1.165, 1.54) is 11.1 Å². The first-order chi connectivity index (χ1) is 10.5. The summed E-state index contributed by atoms with van der Waals surface area (Å²) in [6.07, 6.45) is 1.03. The largest absolute Gasteiger partial charge is 0.508 e. The van der Waals surface area contributed by atoms with Gasteiger partial charge in [-0.05, 0) is 29.2 Å². The minimum absolute atomic E-state index is 0.127. The van der Waals surface area contributed by atoms with Crippen LogP contribution in [0.2, 0.25) is 0 Å². The molecule has 3 rings (SSSR count). The summed E-state index contributed by atoms with van der Waals surface area (Å²) < 4.78 is 6.14. The number of phenolic OH excluding ortho intramolecular Hbond substituents is 1. The van der Waals surface area contributed by atoms with Crippen molar-refractivity contribution in [3.63, 3.8) is 0 Å². The second-order valence-corrected chi connectivity index (χ2v) is 6.33. The summed E-state index contributed by atoms with van der Waals surface area (Å²) in [5.74, 6) is 1.64. The molecule has 1 unspecified atom stereocenters. The molecule has 0 bridgehead atoms. The number of fused-ring (bicyclic) bond motifs is 1. The van der Waals surface area contributed by atoms with Crippen LogP contribution in [0.1, 0.15) is 30.9 Å². The van der Waals surface area contributed by atoms with Crippen LogP contribution in [0.15, 0.2) is 42.5 Å². The first kappa shape index (κ1) is 14.8. The zero-order valence-corrected chi connectivity index (χ0v) is 13.4. The molecule has 0 aromatic heterocycles. The van der Waals surface area contributed by atoms with Gasteiger partial charge in [-0.25, -0.2) is 0 Å². The van der Waals surface area contributed by atoms with E-state index in [2.05, 4.69) is 43.0 Å². The molecule has 1 aliphatic rings. The molecule has 22 heavy (non-hydrogen) atoms. The summed E-state index contributed by atoms with van der Waals surface area (Å²) >= 11 is 0. The Morgan fingerprint density at radius 2 is 2.00 bits per heavy atom. The fraction of sp³-hybridized carbons (Fsp3) is 0.368. The average molecular weight is 297 g/mol. The van der Waals surface area contributed by atoms with E-state index in [9.17, 15) is 5.11 Å². The van der Waals surface area contributed by atoms with Crippen LogP contribution in [-0.4, -0.2) is 24.8 Å². The number of anilines is 1. The van der Waals surface area contributed by atoms with Crippen molar-refractivity contribution in [2.75, 3.05) is 18.5 Å². The minimum Gasteiger partial charge on any atom is -0.508 e. The molecule has 1 aliphatic heterocycles. The summed E-state index contributed by atoms with van der Waals surface area (Å²) in [5, 5.41) is 9.62. The fourth-order valence-corrected chi connectivity index (χ4v) is 3.16. The highest BCUT2D eigenvalue weighted by Crippen LogP contribution is 2.36. The lowest BCUT2D eigenvalue weighted by Crippen LogP contribution is -2.39. The highest BCUT2D eigenvalue weighted by atomic mass is 16.5. The van der Waals surface area contributed by atoms with Crippen molar-refractivity contribution in [2.24, 2.45) is 0 Å². The maximum Gasteiger partial charge on any atom is 0.143 e. The summed E-state index contributed by atoms with van der Waals surface area (Å²) in [6.45, 7) is 5.28. The molecule has 0 saturated carbocycles. The number of nitrogens with zero attached hydrogens (tertiary/aromatic N) is 1. The van der Waals surface area contributed by atoms with E-state index in [4.69, 9.17) is 4.74 Å². The van der Waals surface area contributed by atoms with Crippen LogP contribution in [0.3, 0.4) is 0 Å². The zero-order chi connectivity index (χ0) is 15.7. The summed E-state index contributed by atoms with van der Waals surface area (Å²) in [5.41, 5.74) is 3.71. The number of hydrogen-bond acceptors (Lipinski definition) is 3. The lowest BCUT2D eigenvalue weighted by molar-refractivity contribution is 0.195. The molecule has 1 atom stereocenters. The first-order valence-electron chi connectivity index (χ1n) is 7.83. The molecule has 116 valence electrons. The summed E-state index contributed by atoms with van der Waals surface area (Å²) in [7, 11) is 2.04. The third-order valence-electron chi connectivity index (χ3n) is 4.25. The van der Waals surface area contributed by atoms with Gasteiger partial charge in [0.15, 0.2) is 0 Å². The van der Waals surface area contributed by atoms with Gasteiger partial charge >= 0.3 is 0 Å². The van der Waals surface area contributed by atoms with Gasteiger partial charge < -0.3 is 14.7 Å². The lowest BCUT2D eigenvalue weighted by atomic mass is 9.93. The van der Waals surface area contributed by atoms with Gasteiger partial charge in [-0.2, -0.15) is 0 Å². The number of aromatic hydroxyl groups is 1. The van der Waals surface area contributed by atoms with Crippen molar-refractivity contribution < 1.29 is 9.84 Å². The SMILES string of the molecule is CC(C)c1ccccc1CC1CN(C)c2cc(O)ccc2O1. The van der Waals surface area contributed by atoms with Crippen molar-refractivity contribution in [3.05, 3.63) is 53.6 Å². The van der Waals surface area contributed by atoms with Crippen molar-refractivity contribution in [1.29, 1.82) is 0 Å². The number of phenols is 1. The van der Waals surface area contributed by atoms with E-state index in [-0.39, 0.29) is 11.9 Å². The molecule has 0 saturated heterocycles. The van der Waals surface area contributed by atoms with Crippen LogP contribution in [0.25, 0.3) is 0 Å². The number of likely N-dealkylation sites (N-methyl/N-ethyl adjacent to an activating group) is 1. The van der Waals surface area contributed by atoms with Crippen LogP contribution < -0.4 is 9.64 Å². The Morgan fingerprint density at radius 1 is 1.23 bits per heavy atom. The van der Waals surface area contributed by atoms with Crippen molar-refractivity contribution in [1.82, 2.24) is 0 Å². The molecule has 2 aromatic rings. The van der Waals surface area contributed by atoms with Gasteiger partial charge in [0.25, 0.3) is 0 Å². The van der Waals surface area contributed by atoms with Crippen molar-refractivity contribution >= 4 is 5.69 Å². The van der Waals surface area contributed by atoms with Gasteiger partial charge in [-0.3, -0.25) is 0 Å². The quantitative estimate of drug-likeness (QED) is 0.931. The molecule has 0 fully saturated rings. The maximum atomic E-state index is 9.62. The van der Waals surface area contributed by atoms with Crippen LogP contribution in [-0.2, 0) is 6.42 Å². The summed E-state index contributed by atoms with van der Waals surface area (Å²) in [4.78, 5) is 2.15. The molecule has 2 aromatic carbocycles. The van der Waals surface area contributed by atoms with Gasteiger partial charge in [-0.15, -0.1) is 0 Å². The molecular weight excluding hydrogens is 274 g/mol. The molecule has 1 N–H and O–H groups in total. The number of rotatable bonds is 3. The molecule has 0 aliphatic carbocycles. The van der Waals surface area contributed by atoms with Crippen LogP contribution in [0, 0.1) is 0 Å². The Kier molecular flexibility index (Phi) is 3.97. The van der Waals surface area contributed by atoms with E-state index >= 15 is 0 Å². The van der Waals surface area contributed by atoms with Crippen molar-refractivity contribution in [2.45, 2.75) is 32.3 Å². The smallest absolute Gasteiger partial charge is 0.143 e. The van der Waals surface area contributed by atoms with E-state index in [1.807, 2.05) is 13.1 Å². The van der Waals surface area contributed by atoms with Gasteiger partial charge in [0.2, 0.25) is 0 Å². The zero-order valence-electron chi connectivity index (χ0n) is 13.4. The van der Waals surface area contributed by atoms with Gasteiger partial charge in [-0.1, -0.05) is 38.1 Å². The third kappa shape index (κ3) is 2.89. The Morgan fingerprint density at radius 3 is 2.77 bits per heavy atom. The second-order valence-electron chi connectivity index (χ2n) is 6.33. The first-order valence-corrected chi connectivity index (χ1v) is 7.83. The maximum absolute atomic E-state index is 9.62. The van der Waals surface area contributed by atoms with Gasteiger partial charge in [0.1, 0.15) is 17.6 Å². The third-order valence-corrected chi connectivity index (χ3v) is 4.25. The van der Waals surface area contributed by atoms with Crippen LogP contribution in [0.5, 0.6) is 11.5 Å². The van der Waals surface area contributed by atoms with E-state index in [0.29, 0.717) is 5.92 Å². The topological polar surface area (TPSA) is 32.7 Å². The van der Waals surface area contributed by atoms with E-state index in [0.717, 1.165) is 24.4 Å². The predicted octanol–water partition coefficient (Wildman–Crippen LogP) is 3.96. The van der Waals surface area contributed by atoms with Crippen LogP contribution >= 0.6 is 0 Å². The molecule has 0 radical (unpaired) electrons. The molecule has 0 amide bonds. The van der Waals surface area contributed by atoms with Gasteiger partial charge in [0, 0.05) is 19.5 Å². The molecule has 3 heteroatoms. The van der Waals surface area contributed by atoms with Crippen LogP contribution in [0.4, 0.5) is 5.69 Å². The monoisotopic (exact) mass is 297 g/mol. The lowest BCUT2D eigenvalue weighted by Gasteiger charge is -2.34. The summed E-state index contributed by atoms with van der Waals surface area (Å²) in [6, 6.07) is 13.9. The molecule has 3 nitrogen and oxygen atoms in total. The normalized spacial score (nSPS) is 17.3. The highest BCUT2D eigenvalue weighted by Gasteiger charge is 2.24. The Labute approximate surface area is 132 Å². The van der Waals surface area contributed by atoms with Crippen molar-refractivity contribution in [3.8, 4) is 11.5 Å². The Hall–Kier alpha value is -2.16. The Bertz CT molecular complexity index is 666. The van der Waals surface area contributed by atoms with E-state index in [1.54, 1.807) is 12.1 Å². The fourth-order valence-electron chi connectivity index (χ4n) is 3.16. The second kappa shape index (κ2) is 5.91. The highest BCUT2D eigenvalue weighted by molar-refractivity contribution is 5.62. The Balaban J connectivity index is 1.82.